The molecule has 1 aromatic heterocycles. The fourth-order valence-corrected chi connectivity index (χ4v) is 1.68. The molecule has 0 radical (unpaired) electrons. The number of hydrogen-bond acceptors (Lipinski definition) is 7. The number of hydrogen-bond donors (Lipinski definition) is 5. The van der Waals surface area contributed by atoms with Crippen LogP contribution in [0.1, 0.15) is 15.9 Å². The molecule has 0 amide bonds. The van der Waals surface area contributed by atoms with E-state index in [9.17, 15) is 24.2 Å². The van der Waals surface area contributed by atoms with Gasteiger partial charge in [0.25, 0.3) is 11.4 Å². The van der Waals surface area contributed by atoms with Crippen molar-refractivity contribution in [1.29, 1.82) is 0 Å². The highest BCUT2D eigenvalue weighted by Crippen LogP contribution is 2.37. The van der Waals surface area contributed by atoms with Crippen LogP contribution in [0, 0.1) is 0 Å². The highest BCUT2D eigenvalue weighted by Gasteiger charge is 2.55. The van der Waals surface area contributed by atoms with Crippen LogP contribution in [-0.4, -0.2) is 54.6 Å². The molecule has 1 aromatic rings. The fourth-order valence-electron chi connectivity index (χ4n) is 1.68. The molecule has 5 N–H and O–H groups in total. The SMILES string of the molecule is [2H]C([2H])(O)[C@@]1(F)O[C@@]([2H])(n2cc(CO)c(=O)[nH]c2=O)[C@H](O)[C@@H]1O. The van der Waals surface area contributed by atoms with E-state index in [2.05, 4.69) is 4.74 Å². The standard InChI is InChI=1S/C10H13FN2O7/c11-10(3-15)6(17)5(16)8(20-10)13-1-4(2-14)7(18)12-9(13)19/h1,5-6,8,14-17H,2-3H2,(H,12,18,19)/t5-,6+,8-,10-/m1/s1/i3D2,8D. The van der Waals surface area contributed by atoms with Gasteiger partial charge in [-0.1, -0.05) is 0 Å². The van der Waals surface area contributed by atoms with Crippen LogP contribution >= 0.6 is 0 Å². The third-order valence-corrected chi connectivity index (χ3v) is 2.76. The number of alkyl halides is 1. The molecule has 2 rings (SSSR count). The van der Waals surface area contributed by atoms with Crippen molar-refractivity contribution in [2.24, 2.45) is 0 Å². The first-order chi connectivity index (χ1) is 10.4. The van der Waals surface area contributed by atoms with Gasteiger partial charge in [-0.15, -0.1) is 0 Å². The van der Waals surface area contributed by atoms with E-state index in [-0.39, 0.29) is 4.57 Å². The lowest BCUT2D eigenvalue weighted by Gasteiger charge is -2.20. The van der Waals surface area contributed by atoms with Gasteiger partial charge >= 0.3 is 5.69 Å². The number of H-pyrrole nitrogens is 1. The number of aromatic amines is 1. The lowest BCUT2D eigenvalue weighted by Crippen LogP contribution is -2.42. The van der Waals surface area contributed by atoms with Gasteiger partial charge in [-0.3, -0.25) is 14.3 Å². The monoisotopic (exact) mass is 295 g/mol. The maximum absolute atomic E-state index is 14.4. The summed E-state index contributed by atoms with van der Waals surface area (Å²) in [5.74, 6) is -3.93. The second-order valence-electron chi connectivity index (χ2n) is 4.03. The topological polar surface area (TPSA) is 145 Å². The number of aliphatic hydroxyl groups is 4. The summed E-state index contributed by atoms with van der Waals surface area (Å²) >= 11 is 0. The summed E-state index contributed by atoms with van der Waals surface area (Å²) in [6, 6.07) is 0. The third kappa shape index (κ3) is 2.17. The predicted molar refractivity (Wildman–Crippen MR) is 60.3 cm³/mol. The molecule has 0 spiro atoms. The Morgan fingerprint density at radius 3 is 2.70 bits per heavy atom. The minimum atomic E-state index is -3.93. The molecule has 112 valence electrons. The molecule has 1 saturated heterocycles. The maximum atomic E-state index is 14.4. The van der Waals surface area contributed by atoms with E-state index in [0.29, 0.717) is 6.20 Å². The van der Waals surface area contributed by atoms with Crippen LogP contribution in [0.25, 0.3) is 0 Å². The number of ether oxygens (including phenoxy) is 1. The van der Waals surface area contributed by atoms with Gasteiger partial charge < -0.3 is 25.2 Å². The molecule has 0 saturated carbocycles. The Kier molecular flexibility index (Phi) is 2.82. The average Bonchev–Trinajstić information content (AvgIpc) is 2.61. The van der Waals surface area contributed by atoms with Crippen molar-refractivity contribution >= 4 is 0 Å². The quantitative estimate of drug-likeness (QED) is 0.398. The van der Waals surface area contributed by atoms with Crippen molar-refractivity contribution < 1.29 is 33.7 Å². The van der Waals surface area contributed by atoms with Crippen LogP contribution in [-0.2, 0) is 11.3 Å². The van der Waals surface area contributed by atoms with Crippen molar-refractivity contribution in [2.75, 3.05) is 6.56 Å². The Balaban J connectivity index is 2.64. The van der Waals surface area contributed by atoms with Crippen LogP contribution in [0.4, 0.5) is 4.39 Å². The lowest BCUT2D eigenvalue weighted by molar-refractivity contribution is -0.207. The summed E-state index contributed by atoms with van der Waals surface area (Å²) < 4.78 is 40.7. The van der Waals surface area contributed by atoms with Crippen LogP contribution in [0.2, 0.25) is 0 Å². The van der Waals surface area contributed by atoms with Gasteiger partial charge in [-0.25, -0.2) is 9.18 Å². The molecule has 1 aliphatic heterocycles. The van der Waals surface area contributed by atoms with Crippen molar-refractivity contribution in [1.82, 2.24) is 9.55 Å². The molecule has 1 fully saturated rings. The zero-order chi connectivity index (χ0) is 17.8. The second-order valence-corrected chi connectivity index (χ2v) is 4.03. The smallest absolute Gasteiger partial charge is 0.330 e. The molecule has 20 heavy (non-hydrogen) atoms. The largest absolute Gasteiger partial charge is 0.391 e. The minimum Gasteiger partial charge on any atom is -0.391 e. The van der Waals surface area contributed by atoms with Gasteiger partial charge in [0.05, 0.1) is 16.3 Å². The van der Waals surface area contributed by atoms with Crippen LogP contribution in [0.3, 0.4) is 0 Å². The number of nitrogens with zero attached hydrogens (tertiary/aromatic N) is 1. The molecule has 0 bridgehead atoms. The average molecular weight is 295 g/mol. The van der Waals surface area contributed by atoms with Gasteiger partial charge in [0, 0.05) is 6.20 Å². The second kappa shape index (κ2) is 5.07. The maximum Gasteiger partial charge on any atom is 0.330 e. The summed E-state index contributed by atoms with van der Waals surface area (Å²) in [5.41, 5.74) is -2.80. The first kappa shape index (κ1) is 11.1. The minimum absolute atomic E-state index is 0.154. The summed E-state index contributed by atoms with van der Waals surface area (Å²) in [5, 5.41) is 37.6. The van der Waals surface area contributed by atoms with E-state index in [4.69, 9.17) is 14.3 Å². The van der Waals surface area contributed by atoms with Crippen molar-refractivity contribution in [3.63, 3.8) is 0 Å². The van der Waals surface area contributed by atoms with Gasteiger partial charge in [-0.2, -0.15) is 0 Å². The Morgan fingerprint density at radius 2 is 2.20 bits per heavy atom. The number of halogens is 1. The molecule has 1 aliphatic rings. The van der Waals surface area contributed by atoms with Gasteiger partial charge in [0.1, 0.15) is 18.8 Å². The van der Waals surface area contributed by atoms with Gasteiger partial charge in [-0.05, 0) is 0 Å². The summed E-state index contributed by atoms with van der Waals surface area (Å²) in [6.45, 7) is -4.69. The van der Waals surface area contributed by atoms with Crippen molar-refractivity contribution in [3.8, 4) is 0 Å². The van der Waals surface area contributed by atoms with E-state index >= 15 is 0 Å². The molecule has 0 aliphatic carbocycles. The van der Waals surface area contributed by atoms with E-state index in [1.807, 2.05) is 0 Å². The zero-order valence-electron chi connectivity index (χ0n) is 12.8. The van der Waals surface area contributed by atoms with E-state index in [0.717, 1.165) is 0 Å². The predicted octanol–water partition coefficient (Wildman–Crippen LogP) is -3.06. The summed E-state index contributed by atoms with van der Waals surface area (Å²) in [4.78, 5) is 24.8. The van der Waals surface area contributed by atoms with Crippen molar-refractivity contribution in [2.45, 2.75) is 30.9 Å². The Bertz CT molecular complexity index is 734. The number of aliphatic hydroxyl groups excluding tert-OH is 3. The summed E-state index contributed by atoms with van der Waals surface area (Å²) in [6.07, 6.45) is -7.76. The molecule has 0 aromatic carbocycles. The summed E-state index contributed by atoms with van der Waals surface area (Å²) in [7, 11) is 0. The molecule has 10 heteroatoms. The van der Waals surface area contributed by atoms with E-state index < -0.39 is 54.2 Å². The van der Waals surface area contributed by atoms with Crippen LogP contribution in [0.5, 0.6) is 0 Å². The molecule has 9 nitrogen and oxygen atoms in total. The number of rotatable bonds is 3. The normalized spacial score (nSPS) is 40.1. The third-order valence-electron chi connectivity index (χ3n) is 2.76. The first-order valence-electron chi connectivity index (χ1n) is 6.82. The lowest BCUT2D eigenvalue weighted by atomic mass is 10.1. The highest BCUT2D eigenvalue weighted by atomic mass is 19.2. The van der Waals surface area contributed by atoms with Crippen LogP contribution < -0.4 is 11.2 Å². The number of aromatic nitrogens is 2. The Hall–Kier alpha value is -1.59. The molecular formula is C10H13FN2O7. The highest BCUT2D eigenvalue weighted by molar-refractivity contribution is 5.05. The molecule has 0 unspecified atom stereocenters. The molecule has 4 atom stereocenters. The van der Waals surface area contributed by atoms with Crippen molar-refractivity contribution in [3.05, 3.63) is 32.6 Å². The van der Waals surface area contributed by atoms with E-state index in [1.165, 1.54) is 0 Å². The number of nitrogens with one attached hydrogen (secondary N) is 1. The Morgan fingerprint density at radius 1 is 1.55 bits per heavy atom. The Labute approximate surface area is 114 Å². The fraction of sp³-hybridized carbons (Fsp3) is 0.600. The first-order valence-corrected chi connectivity index (χ1v) is 5.32. The molecule has 2 heterocycles. The van der Waals surface area contributed by atoms with E-state index in [1.54, 1.807) is 4.98 Å². The zero-order valence-corrected chi connectivity index (χ0v) is 9.78. The van der Waals surface area contributed by atoms with Crippen LogP contribution in [0.15, 0.2) is 15.8 Å². The van der Waals surface area contributed by atoms with Gasteiger partial charge in [0.15, 0.2) is 6.20 Å². The molecular weight excluding hydrogens is 279 g/mol. The van der Waals surface area contributed by atoms with Gasteiger partial charge in [0.2, 0.25) is 0 Å².